The molecule has 0 aromatic carbocycles. The van der Waals surface area contributed by atoms with Gasteiger partial charge in [0.2, 0.25) is 0 Å². The fourth-order valence-electron chi connectivity index (χ4n) is 2.40. The summed E-state index contributed by atoms with van der Waals surface area (Å²) in [6, 6.07) is 0.259. The van der Waals surface area contributed by atoms with Crippen molar-refractivity contribution < 1.29 is 9.59 Å². The molecule has 82 valence electrons. The lowest BCUT2D eigenvalue weighted by molar-refractivity contribution is -0.127. The van der Waals surface area contributed by atoms with Crippen LogP contribution in [0.4, 0.5) is 4.79 Å². The summed E-state index contributed by atoms with van der Waals surface area (Å²) in [5, 5.41) is 3.20. The van der Waals surface area contributed by atoms with Crippen molar-refractivity contribution in [2.45, 2.75) is 37.9 Å². The maximum atomic E-state index is 12.0. The number of imide groups is 1. The van der Waals surface area contributed by atoms with E-state index in [1.165, 1.54) is 4.90 Å². The third-order valence-corrected chi connectivity index (χ3v) is 3.36. The second-order valence-electron chi connectivity index (χ2n) is 4.52. The van der Waals surface area contributed by atoms with Gasteiger partial charge in [-0.15, -0.1) is 0 Å². The van der Waals surface area contributed by atoms with Crippen LogP contribution >= 0.6 is 0 Å². The van der Waals surface area contributed by atoms with E-state index in [4.69, 9.17) is 0 Å². The first kappa shape index (κ1) is 9.15. The Balaban J connectivity index is 1.76. The van der Waals surface area contributed by atoms with E-state index in [0.717, 1.165) is 32.2 Å². The second-order valence-corrected chi connectivity index (χ2v) is 4.52. The molecule has 0 spiro atoms. The highest BCUT2D eigenvalue weighted by Crippen LogP contribution is 2.31. The number of hydrogen-bond acceptors (Lipinski definition) is 3. The number of nitrogens with zero attached hydrogens (tertiary/aromatic N) is 2. The van der Waals surface area contributed by atoms with Crippen molar-refractivity contribution in [3.63, 3.8) is 0 Å². The highest BCUT2D eigenvalue weighted by molar-refractivity contribution is 6.02. The van der Waals surface area contributed by atoms with Crippen molar-refractivity contribution in [1.82, 2.24) is 15.1 Å². The van der Waals surface area contributed by atoms with Gasteiger partial charge in [-0.25, -0.2) is 9.69 Å². The van der Waals surface area contributed by atoms with Crippen LogP contribution in [0.1, 0.15) is 25.7 Å². The van der Waals surface area contributed by atoms with Gasteiger partial charge in [-0.2, -0.15) is 0 Å². The minimum atomic E-state index is -0.0816. The Hall–Kier alpha value is -1.10. The quantitative estimate of drug-likeness (QED) is 0.657. The summed E-state index contributed by atoms with van der Waals surface area (Å²) in [6.45, 7) is 1.20. The molecule has 1 aliphatic carbocycles. The van der Waals surface area contributed by atoms with Crippen LogP contribution in [0.5, 0.6) is 0 Å². The number of hydrogen-bond donors (Lipinski definition) is 1. The van der Waals surface area contributed by atoms with Crippen molar-refractivity contribution in [1.29, 1.82) is 0 Å². The summed E-state index contributed by atoms with van der Waals surface area (Å²) in [6.07, 6.45) is 4.02. The number of carbonyl (C=O) groups is 2. The van der Waals surface area contributed by atoms with Crippen LogP contribution in [0.15, 0.2) is 0 Å². The Kier molecular flexibility index (Phi) is 1.95. The lowest BCUT2D eigenvalue weighted by Gasteiger charge is -2.22. The van der Waals surface area contributed by atoms with Gasteiger partial charge < -0.3 is 4.90 Å². The molecule has 3 rings (SSSR count). The number of urea groups is 1. The van der Waals surface area contributed by atoms with Gasteiger partial charge in [-0.3, -0.25) is 10.1 Å². The fourth-order valence-corrected chi connectivity index (χ4v) is 2.40. The Bertz CT molecular complexity index is 308. The van der Waals surface area contributed by atoms with Gasteiger partial charge in [0, 0.05) is 6.04 Å². The molecule has 1 atom stereocenters. The monoisotopic (exact) mass is 209 g/mol. The molecule has 2 saturated heterocycles. The van der Waals surface area contributed by atoms with Gasteiger partial charge in [0.15, 0.2) is 0 Å². The minimum Gasteiger partial charge on any atom is -0.312 e. The molecule has 2 heterocycles. The smallest absolute Gasteiger partial charge is 0.312 e. The maximum absolute atomic E-state index is 12.0. The average molecular weight is 209 g/mol. The van der Waals surface area contributed by atoms with Crippen LogP contribution in [-0.2, 0) is 4.79 Å². The van der Waals surface area contributed by atoms with Gasteiger partial charge >= 0.3 is 6.03 Å². The average Bonchev–Trinajstić information content (AvgIpc) is 2.83. The van der Waals surface area contributed by atoms with Gasteiger partial charge in [-0.1, -0.05) is 0 Å². The molecule has 1 unspecified atom stereocenters. The van der Waals surface area contributed by atoms with Crippen molar-refractivity contribution in [3.8, 4) is 0 Å². The van der Waals surface area contributed by atoms with E-state index >= 15 is 0 Å². The zero-order valence-corrected chi connectivity index (χ0v) is 8.61. The SMILES string of the molecule is O=C1CN(C2CC2)C(=O)N1C1CCCN1. The first-order valence-electron chi connectivity index (χ1n) is 5.63. The molecule has 0 bridgehead atoms. The Morgan fingerprint density at radius 1 is 1.20 bits per heavy atom. The summed E-state index contributed by atoms with van der Waals surface area (Å²) in [4.78, 5) is 26.9. The highest BCUT2D eigenvalue weighted by atomic mass is 16.2. The molecular weight excluding hydrogens is 194 g/mol. The van der Waals surface area contributed by atoms with Crippen molar-refractivity contribution in [2.24, 2.45) is 0 Å². The summed E-state index contributed by atoms with van der Waals surface area (Å²) in [7, 11) is 0. The molecule has 5 nitrogen and oxygen atoms in total. The van der Waals surface area contributed by atoms with Gasteiger partial charge in [0.05, 0.1) is 6.17 Å². The number of rotatable bonds is 2. The van der Waals surface area contributed by atoms with Crippen molar-refractivity contribution in [3.05, 3.63) is 0 Å². The summed E-state index contributed by atoms with van der Waals surface area (Å²) in [5.74, 6) is -0.0358. The molecule has 3 fully saturated rings. The zero-order chi connectivity index (χ0) is 10.4. The molecular formula is C10H15N3O2. The van der Waals surface area contributed by atoms with E-state index in [2.05, 4.69) is 5.32 Å². The molecule has 3 aliphatic rings. The lowest BCUT2D eigenvalue weighted by Crippen LogP contribution is -2.46. The first-order chi connectivity index (χ1) is 7.27. The molecule has 2 aliphatic heterocycles. The van der Waals surface area contributed by atoms with Gasteiger partial charge in [-0.05, 0) is 32.2 Å². The van der Waals surface area contributed by atoms with E-state index in [0.29, 0.717) is 12.6 Å². The molecule has 3 amide bonds. The Morgan fingerprint density at radius 3 is 2.60 bits per heavy atom. The van der Waals surface area contributed by atoms with Crippen LogP contribution < -0.4 is 5.32 Å². The Morgan fingerprint density at radius 2 is 2.00 bits per heavy atom. The number of carbonyl (C=O) groups excluding carboxylic acids is 2. The van der Waals surface area contributed by atoms with E-state index in [9.17, 15) is 9.59 Å². The van der Waals surface area contributed by atoms with Crippen LogP contribution in [0.3, 0.4) is 0 Å². The maximum Gasteiger partial charge on any atom is 0.328 e. The molecule has 1 saturated carbocycles. The molecule has 1 N–H and O–H groups in total. The van der Waals surface area contributed by atoms with Crippen LogP contribution in [0.25, 0.3) is 0 Å². The topological polar surface area (TPSA) is 52.7 Å². The predicted molar refractivity (Wildman–Crippen MR) is 53.0 cm³/mol. The van der Waals surface area contributed by atoms with Crippen molar-refractivity contribution >= 4 is 11.9 Å². The van der Waals surface area contributed by atoms with Crippen LogP contribution in [-0.4, -0.2) is 47.0 Å². The summed E-state index contributed by atoms with van der Waals surface area (Å²) in [5.41, 5.74) is 0. The van der Waals surface area contributed by atoms with Crippen molar-refractivity contribution in [2.75, 3.05) is 13.1 Å². The van der Waals surface area contributed by atoms with E-state index in [1.54, 1.807) is 4.90 Å². The number of amides is 3. The Labute approximate surface area is 88.4 Å². The molecule has 0 aromatic heterocycles. The first-order valence-corrected chi connectivity index (χ1v) is 5.63. The zero-order valence-electron chi connectivity index (χ0n) is 8.61. The van der Waals surface area contributed by atoms with E-state index in [-0.39, 0.29) is 18.1 Å². The van der Waals surface area contributed by atoms with Crippen LogP contribution in [0, 0.1) is 0 Å². The van der Waals surface area contributed by atoms with Gasteiger partial charge in [0.25, 0.3) is 5.91 Å². The fraction of sp³-hybridized carbons (Fsp3) is 0.800. The van der Waals surface area contributed by atoms with E-state index in [1.807, 2.05) is 0 Å². The largest absolute Gasteiger partial charge is 0.328 e. The molecule has 0 radical (unpaired) electrons. The summed E-state index contributed by atoms with van der Waals surface area (Å²) < 4.78 is 0. The normalized spacial score (nSPS) is 31.9. The third-order valence-electron chi connectivity index (χ3n) is 3.36. The van der Waals surface area contributed by atoms with Crippen LogP contribution in [0.2, 0.25) is 0 Å². The molecule has 5 heteroatoms. The van der Waals surface area contributed by atoms with Gasteiger partial charge in [0.1, 0.15) is 6.54 Å². The third kappa shape index (κ3) is 1.42. The lowest BCUT2D eigenvalue weighted by atomic mass is 10.3. The predicted octanol–water partition coefficient (Wildman–Crippen LogP) is 0.123. The molecule has 0 aromatic rings. The second kappa shape index (κ2) is 3.20. The minimum absolute atomic E-state index is 0.0358. The molecule has 15 heavy (non-hydrogen) atoms. The highest BCUT2D eigenvalue weighted by Gasteiger charge is 2.46. The standard InChI is InChI=1S/C10H15N3O2/c14-9-6-12(7-3-4-7)10(15)13(9)8-2-1-5-11-8/h7-8,11H,1-6H2. The van der Waals surface area contributed by atoms with E-state index < -0.39 is 0 Å². The summed E-state index contributed by atoms with van der Waals surface area (Å²) >= 11 is 0. The number of nitrogens with one attached hydrogen (secondary N) is 1.